The molecule has 154 valence electrons. The summed E-state index contributed by atoms with van der Waals surface area (Å²) in [5.41, 5.74) is 0.649. The zero-order valence-corrected chi connectivity index (χ0v) is 16.8. The minimum Gasteiger partial charge on any atom is -0.486 e. The Labute approximate surface area is 168 Å². The van der Waals surface area contributed by atoms with Crippen LogP contribution >= 0.6 is 0 Å². The standard InChI is InChI=1S/C20H21NO7S/c1-13-7-8-15(29(2,24)25)9-16(13)20(23)27-12-19(22)21-10-14-11-26-17-5-3-4-6-18(17)28-14/h3-9,14H,10-12H2,1-2H3,(H,21,22). The Hall–Kier alpha value is -3.07. The van der Waals surface area contributed by atoms with Gasteiger partial charge in [-0.05, 0) is 36.8 Å². The Balaban J connectivity index is 1.50. The van der Waals surface area contributed by atoms with Crippen LogP contribution in [0.2, 0.25) is 0 Å². The number of nitrogens with one attached hydrogen (secondary N) is 1. The first-order valence-electron chi connectivity index (χ1n) is 8.87. The summed E-state index contributed by atoms with van der Waals surface area (Å²) in [5, 5.41) is 2.62. The molecule has 0 aromatic heterocycles. The highest BCUT2D eigenvalue weighted by molar-refractivity contribution is 7.90. The van der Waals surface area contributed by atoms with Gasteiger partial charge in [0.15, 0.2) is 27.9 Å². The summed E-state index contributed by atoms with van der Waals surface area (Å²) in [4.78, 5) is 24.3. The van der Waals surface area contributed by atoms with Crippen LogP contribution < -0.4 is 14.8 Å². The van der Waals surface area contributed by atoms with Crippen LogP contribution in [0.25, 0.3) is 0 Å². The van der Waals surface area contributed by atoms with Crippen molar-refractivity contribution in [3.05, 3.63) is 53.6 Å². The second kappa shape index (κ2) is 8.52. The second-order valence-electron chi connectivity index (χ2n) is 6.63. The summed E-state index contributed by atoms with van der Waals surface area (Å²) in [6.07, 6.45) is 0.689. The fraction of sp³-hybridized carbons (Fsp3) is 0.300. The minimum absolute atomic E-state index is 0.00855. The van der Waals surface area contributed by atoms with Crippen LogP contribution in [0.1, 0.15) is 15.9 Å². The van der Waals surface area contributed by atoms with Crippen molar-refractivity contribution in [2.24, 2.45) is 0 Å². The molecule has 0 saturated heterocycles. The van der Waals surface area contributed by atoms with E-state index in [2.05, 4.69) is 5.32 Å². The van der Waals surface area contributed by atoms with E-state index < -0.39 is 28.3 Å². The highest BCUT2D eigenvalue weighted by Gasteiger charge is 2.22. The lowest BCUT2D eigenvalue weighted by atomic mass is 10.1. The molecule has 29 heavy (non-hydrogen) atoms. The SMILES string of the molecule is Cc1ccc(S(C)(=O)=O)cc1C(=O)OCC(=O)NCC1COc2ccccc2O1. The molecule has 1 atom stereocenters. The van der Waals surface area contributed by atoms with E-state index in [9.17, 15) is 18.0 Å². The Morgan fingerprint density at radius 1 is 1.17 bits per heavy atom. The number of fused-ring (bicyclic) bond motifs is 1. The average Bonchev–Trinajstić information content (AvgIpc) is 2.69. The molecule has 9 heteroatoms. The van der Waals surface area contributed by atoms with Crippen LogP contribution in [0.3, 0.4) is 0 Å². The van der Waals surface area contributed by atoms with Gasteiger partial charge in [0.2, 0.25) is 0 Å². The molecule has 1 heterocycles. The number of carbonyl (C=O) groups excluding carboxylic acids is 2. The topological polar surface area (TPSA) is 108 Å². The summed E-state index contributed by atoms with van der Waals surface area (Å²) in [5.74, 6) is -0.0200. The summed E-state index contributed by atoms with van der Waals surface area (Å²) < 4.78 is 39.6. The molecule has 1 amide bonds. The fourth-order valence-corrected chi connectivity index (χ4v) is 3.35. The zero-order chi connectivity index (χ0) is 21.0. The molecule has 2 aromatic rings. The number of aryl methyl sites for hydroxylation is 1. The van der Waals surface area contributed by atoms with Crippen molar-refractivity contribution >= 4 is 21.7 Å². The van der Waals surface area contributed by atoms with Gasteiger partial charge in [-0.15, -0.1) is 0 Å². The molecule has 0 bridgehead atoms. The molecular weight excluding hydrogens is 398 g/mol. The third-order valence-corrected chi connectivity index (χ3v) is 5.40. The number of para-hydroxylation sites is 2. The molecule has 2 aromatic carbocycles. The van der Waals surface area contributed by atoms with Gasteiger partial charge in [-0.2, -0.15) is 0 Å². The summed E-state index contributed by atoms with van der Waals surface area (Å²) in [7, 11) is -3.46. The molecule has 8 nitrogen and oxygen atoms in total. The lowest BCUT2D eigenvalue weighted by Crippen LogP contribution is -2.42. The van der Waals surface area contributed by atoms with E-state index in [4.69, 9.17) is 14.2 Å². The lowest BCUT2D eigenvalue weighted by Gasteiger charge is -2.26. The number of hydrogen-bond donors (Lipinski definition) is 1. The number of benzene rings is 2. The largest absolute Gasteiger partial charge is 0.486 e. The molecule has 0 radical (unpaired) electrons. The van der Waals surface area contributed by atoms with E-state index >= 15 is 0 Å². The van der Waals surface area contributed by atoms with Gasteiger partial charge in [-0.25, -0.2) is 13.2 Å². The summed E-state index contributed by atoms with van der Waals surface area (Å²) >= 11 is 0. The summed E-state index contributed by atoms with van der Waals surface area (Å²) in [6.45, 7) is 1.63. The van der Waals surface area contributed by atoms with Gasteiger partial charge in [0, 0.05) is 6.26 Å². The molecule has 0 fully saturated rings. The Morgan fingerprint density at radius 3 is 2.62 bits per heavy atom. The maximum absolute atomic E-state index is 12.3. The van der Waals surface area contributed by atoms with Gasteiger partial charge in [0.1, 0.15) is 12.7 Å². The Bertz CT molecular complexity index is 1030. The first-order valence-corrected chi connectivity index (χ1v) is 10.8. The maximum atomic E-state index is 12.3. The van der Waals surface area contributed by atoms with Gasteiger partial charge in [0.05, 0.1) is 17.0 Å². The van der Waals surface area contributed by atoms with Crippen LogP contribution in [-0.2, 0) is 19.4 Å². The molecule has 1 N–H and O–H groups in total. The van der Waals surface area contributed by atoms with Crippen LogP contribution in [0.15, 0.2) is 47.4 Å². The van der Waals surface area contributed by atoms with Crippen molar-refractivity contribution in [2.75, 3.05) is 26.0 Å². The molecule has 3 rings (SSSR count). The van der Waals surface area contributed by atoms with E-state index in [1.807, 2.05) is 12.1 Å². The number of carbonyl (C=O) groups is 2. The van der Waals surface area contributed by atoms with E-state index in [-0.39, 0.29) is 29.7 Å². The van der Waals surface area contributed by atoms with Crippen molar-refractivity contribution in [1.82, 2.24) is 5.32 Å². The van der Waals surface area contributed by atoms with Crippen LogP contribution in [0.5, 0.6) is 11.5 Å². The lowest BCUT2D eigenvalue weighted by molar-refractivity contribution is -0.124. The zero-order valence-electron chi connectivity index (χ0n) is 16.0. The Morgan fingerprint density at radius 2 is 1.90 bits per heavy atom. The van der Waals surface area contributed by atoms with Crippen molar-refractivity contribution in [2.45, 2.75) is 17.9 Å². The summed E-state index contributed by atoms with van der Waals surface area (Å²) in [6, 6.07) is 11.4. The smallest absolute Gasteiger partial charge is 0.338 e. The molecule has 1 aliphatic rings. The third-order valence-electron chi connectivity index (χ3n) is 4.29. The van der Waals surface area contributed by atoms with Gasteiger partial charge in [-0.1, -0.05) is 18.2 Å². The highest BCUT2D eigenvalue weighted by atomic mass is 32.2. The molecule has 1 aliphatic heterocycles. The predicted octanol–water partition coefficient (Wildman–Crippen LogP) is 1.51. The van der Waals surface area contributed by atoms with Crippen molar-refractivity contribution in [3.8, 4) is 11.5 Å². The number of hydrogen-bond acceptors (Lipinski definition) is 7. The van der Waals surface area contributed by atoms with E-state index in [1.54, 1.807) is 19.1 Å². The van der Waals surface area contributed by atoms with E-state index in [1.165, 1.54) is 18.2 Å². The normalized spacial score (nSPS) is 15.4. The van der Waals surface area contributed by atoms with Crippen LogP contribution in [0.4, 0.5) is 0 Å². The van der Waals surface area contributed by atoms with E-state index in [0.717, 1.165) is 6.26 Å². The van der Waals surface area contributed by atoms with Crippen molar-refractivity contribution in [1.29, 1.82) is 0 Å². The third kappa shape index (κ3) is 5.26. The first kappa shape index (κ1) is 20.7. The minimum atomic E-state index is -3.46. The quantitative estimate of drug-likeness (QED) is 0.707. The number of ether oxygens (including phenoxy) is 3. The van der Waals surface area contributed by atoms with Gasteiger partial charge < -0.3 is 19.5 Å². The van der Waals surface area contributed by atoms with E-state index in [0.29, 0.717) is 17.1 Å². The predicted molar refractivity (Wildman–Crippen MR) is 104 cm³/mol. The molecule has 1 unspecified atom stereocenters. The number of esters is 1. The number of amides is 1. The first-order chi connectivity index (χ1) is 13.7. The van der Waals surface area contributed by atoms with Gasteiger partial charge >= 0.3 is 5.97 Å². The van der Waals surface area contributed by atoms with Crippen molar-refractivity contribution < 1.29 is 32.2 Å². The monoisotopic (exact) mass is 419 g/mol. The molecule has 0 aliphatic carbocycles. The number of sulfone groups is 1. The van der Waals surface area contributed by atoms with Gasteiger partial charge in [-0.3, -0.25) is 4.79 Å². The highest BCUT2D eigenvalue weighted by Crippen LogP contribution is 2.30. The maximum Gasteiger partial charge on any atom is 0.338 e. The fourth-order valence-electron chi connectivity index (χ4n) is 2.70. The number of rotatable bonds is 6. The van der Waals surface area contributed by atoms with Crippen LogP contribution in [0, 0.1) is 6.92 Å². The molecular formula is C20H21NO7S. The molecule has 0 saturated carbocycles. The molecule has 0 spiro atoms. The average molecular weight is 419 g/mol. The van der Waals surface area contributed by atoms with Crippen LogP contribution in [-0.4, -0.2) is 52.4 Å². The Kier molecular flexibility index (Phi) is 6.07. The second-order valence-corrected chi connectivity index (χ2v) is 8.64. The van der Waals surface area contributed by atoms with Crippen molar-refractivity contribution in [3.63, 3.8) is 0 Å². The van der Waals surface area contributed by atoms with Gasteiger partial charge in [0.25, 0.3) is 5.91 Å².